The molecule has 0 heterocycles. The van der Waals surface area contributed by atoms with Crippen molar-refractivity contribution in [3.63, 3.8) is 0 Å². The van der Waals surface area contributed by atoms with Crippen LogP contribution in [0.15, 0.2) is 36.4 Å². The van der Waals surface area contributed by atoms with Gasteiger partial charge in [-0.3, -0.25) is 4.79 Å². The first-order valence-corrected chi connectivity index (χ1v) is 6.35. The van der Waals surface area contributed by atoms with Crippen molar-refractivity contribution in [3.05, 3.63) is 70.3 Å². The number of halogens is 2. The molecule has 2 aromatic carbocycles. The molecule has 0 radical (unpaired) electrons. The molecule has 0 bridgehead atoms. The number of carbonyl (C=O) groups excluding carboxylic acids is 1. The molecule has 2 rings (SSSR count). The molecule has 0 unspecified atom stereocenters. The second-order valence-electron chi connectivity index (χ2n) is 4.71. The van der Waals surface area contributed by atoms with Crippen molar-refractivity contribution in [2.75, 3.05) is 0 Å². The highest BCUT2D eigenvalue weighted by atomic mass is 19.1. The maximum absolute atomic E-state index is 13.2. The fraction of sp³-hybridized carbons (Fsp3) is 0.188. The van der Waals surface area contributed by atoms with Gasteiger partial charge in [0.15, 0.2) is 0 Å². The van der Waals surface area contributed by atoms with Crippen molar-refractivity contribution in [2.45, 2.75) is 19.8 Å². The molecular formula is C16H15F2NO. The van der Waals surface area contributed by atoms with Crippen molar-refractivity contribution >= 4 is 5.91 Å². The molecule has 0 saturated heterocycles. The van der Waals surface area contributed by atoms with E-state index >= 15 is 0 Å². The second kappa shape index (κ2) is 5.82. The normalized spacial score (nSPS) is 10.6. The summed E-state index contributed by atoms with van der Waals surface area (Å²) in [5.41, 5.74) is 8.00. The maximum Gasteiger partial charge on any atom is 0.248 e. The Hall–Kier alpha value is -2.23. The first kappa shape index (κ1) is 14.2. The lowest BCUT2D eigenvalue weighted by atomic mass is 9.98. The van der Waals surface area contributed by atoms with Crippen molar-refractivity contribution in [1.29, 1.82) is 0 Å². The highest BCUT2D eigenvalue weighted by molar-refractivity contribution is 5.93. The maximum atomic E-state index is 13.2. The highest BCUT2D eigenvalue weighted by Gasteiger charge is 2.07. The van der Waals surface area contributed by atoms with Crippen LogP contribution in [-0.2, 0) is 12.8 Å². The third-order valence-corrected chi connectivity index (χ3v) is 3.08. The number of carbonyl (C=O) groups is 1. The lowest BCUT2D eigenvalue weighted by Crippen LogP contribution is -2.12. The summed E-state index contributed by atoms with van der Waals surface area (Å²) < 4.78 is 26.3. The zero-order valence-electron chi connectivity index (χ0n) is 11.1. The zero-order chi connectivity index (χ0) is 14.7. The SMILES string of the molecule is CCc1cc(Cc2cc(F)cc(F)c2)cc(C(N)=O)c1. The van der Waals surface area contributed by atoms with E-state index in [1.807, 2.05) is 13.0 Å². The van der Waals surface area contributed by atoms with Crippen LogP contribution in [-0.4, -0.2) is 5.91 Å². The van der Waals surface area contributed by atoms with Gasteiger partial charge < -0.3 is 5.73 Å². The number of rotatable bonds is 4. The Bertz CT molecular complexity index is 633. The fourth-order valence-corrected chi connectivity index (χ4v) is 2.16. The Morgan fingerprint density at radius 1 is 0.950 bits per heavy atom. The predicted octanol–water partition coefficient (Wildman–Crippen LogP) is 3.22. The van der Waals surface area contributed by atoms with Gasteiger partial charge >= 0.3 is 0 Å². The van der Waals surface area contributed by atoms with Crippen LogP contribution >= 0.6 is 0 Å². The van der Waals surface area contributed by atoms with E-state index in [9.17, 15) is 13.6 Å². The van der Waals surface area contributed by atoms with Gasteiger partial charge in [0.1, 0.15) is 11.6 Å². The third-order valence-electron chi connectivity index (χ3n) is 3.08. The van der Waals surface area contributed by atoms with Crippen LogP contribution in [0.1, 0.15) is 34.0 Å². The molecule has 2 nitrogen and oxygen atoms in total. The molecule has 104 valence electrons. The minimum atomic E-state index is -0.609. The third kappa shape index (κ3) is 3.41. The summed E-state index contributed by atoms with van der Waals surface area (Å²) in [5, 5.41) is 0. The molecule has 1 amide bonds. The Morgan fingerprint density at radius 2 is 1.50 bits per heavy atom. The van der Waals surface area contributed by atoms with E-state index in [1.165, 1.54) is 12.1 Å². The summed E-state index contributed by atoms with van der Waals surface area (Å²) in [6, 6.07) is 8.70. The average Bonchev–Trinajstić information content (AvgIpc) is 2.36. The van der Waals surface area contributed by atoms with E-state index in [4.69, 9.17) is 5.73 Å². The van der Waals surface area contributed by atoms with E-state index in [-0.39, 0.29) is 0 Å². The van der Waals surface area contributed by atoms with Crippen molar-refractivity contribution in [2.24, 2.45) is 5.73 Å². The van der Waals surface area contributed by atoms with E-state index < -0.39 is 17.5 Å². The highest BCUT2D eigenvalue weighted by Crippen LogP contribution is 2.17. The van der Waals surface area contributed by atoms with Gasteiger partial charge in [-0.2, -0.15) is 0 Å². The second-order valence-corrected chi connectivity index (χ2v) is 4.71. The van der Waals surface area contributed by atoms with Crippen LogP contribution in [0.2, 0.25) is 0 Å². The van der Waals surface area contributed by atoms with Crippen LogP contribution in [0.5, 0.6) is 0 Å². The first-order valence-electron chi connectivity index (χ1n) is 6.35. The van der Waals surface area contributed by atoms with Crippen molar-refractivity contribution in [3.8, 4) is 0 Å². The van der Waals surface area contributed by atoms with E-state index in [0.29, 0.717) is 17.5 Å². The van der Waals surface area contributed by atoms with Gasteiger partial charge in [-0.1, -0.05) is 13.0 Å². The van der Waals surface area contributed by atoms with Gasteiger partial charge in [0, 0.05) is 11.6 Å². The van der Waals surface area contributed by atoms with Gasteiger partial charge in [-0.15, -0.1) is 0 Å². The first-order chi connectivity index (χ1) is 9.47. The summed E-state index contributed by atoms with van der Waals surface area (Å²) in [6.45, 7) is 1.96. The largest absolute Gasteiger partial charge is 0.366 e. The zero-order valence-corrected chi connectivity index (χ0v) is 11.1. The Balaban J connectivity index is 2.37. The molecule has 2 aromatic rings. The van der Waals surface area contributed by atoms with Crippen molar-refractivity contribution in [1.82, 2.24) is 0 Å². The van der Waals surface area contributed by atoms with E-state index in [2.05, 4.69) is 0 Å². The minimum Gasteiger partial charge on any atom is -0.366 e. The quantitative estimate of drug-likeness (QED) is 0.914. The van der Waals surface area contributed by atoms with Gasteiger partial charge in [0.25, 0.3) is 0 Å². The topological polar surface area (TPSA) is 43.1 Å². The summed E-state index contributed by atoms with van der Waals surface area (Å²) in [6.07, 6.45) is 1.11. The van der Waals surface area contributed by atoms with Crippen molar-refractivity contribution < 1.29 is 13.6 Å². The standard InChI is InChI=1S/C16H15F2NO/c1-2-10-3-11(6-13(5-10)16(19)20)4-12-7-14(17)9-15(18)8-12/h3,5-9H,2,4H2,1H3,(H2,19,20). The number of hydrogen-bond donors (Lipinski definition) is 1. The molecule has 0 aliphatic rings. The fourth-order valence-electron chi connectivity index (χ4n) is 2.16. The Morgan fingerprint density at radius 3 is 2.05 bits per heavy atom. The monoisotopic (exact) mass is 275 g/mol. The van der Waals surface area contributed by atoms with Crippen LogP contribution < -0.4 is 5.73 Å². The minimum absolute atomic E-state index is 0.350. The summed E-state index contributed by atoms with van der Waals surface area (Å²) in [7, 11) is 0. The molecule has 0 atom stereocenters. The van der Waals surface area contributed by atoms with Crippen LogP contribution in [0, 0.1) is 11.6 Å². The average molecular weight is 275 g/mol. The molecule has 0 aliphatic carbocycles. The molecule has 0 aromatic heterocycles. The van der Waals surface area contributed by atoms with Gasteiger partial charge in [-0.25, -0.2) is 8.78 Å². The molecule has 20 heavy (non-hydrogen) atoms. The summed E-state index contributed by atoms with van der Waals surface area (Å²) in [5.74, 6) is -1.73. The number of hydrogen-bond acceptors (Lipinski definition) is 1. The van der Waals surface area contributed by atoms with Crippen LogP contribution in [0.4, 0.5) is 8.78 Å². The Labute approximate surface area is 116 Å². The number of nitrogens with two attached hydrogens (primary N) is 1. The summed E-state index contributed by atoms with van der Waals surface area (Å²) in [4.78, 5) is 11.3. The van der Waals surface area contributed by atoms with E-state index in [0.717, 1.165) is 23.6 Å². The molecule has 0 saturated carbocycles. The van der Waals surface area contributed by atoms with Gasteiger partial charge in [0.2, 0.25) is 5.91 Å². The molecule has 0 spiro atoms. The molecule has 0 fully saturated rings. The van der Waals surface area contributed by atoms with E-state index in [1.54, 1.807) is 12.1 Å². The number of benzene rings is 2. The van der Waals surface area contributed by atoms with Gasteiger partial charge in [0.05, 0.1) is 0 Å². The summed E-state index contributed by atoms with van der Waals surface area (Å²) >= 11 is 0. The smallest absolute Gasteiger partial charge is 0.248 e. The Kier molecular flexibility index (Phi) is 4.13. The van der Waals surface area contributed by atoms with Crippen LogP contribution in [0.3, 0.4) is 0 Å². The lowest BCUT2D eigenvalue weighted by Gasteiger charge is -2.08. The molecule has 0 aliphatic heterocycles. The lowest BCUT2D eigenvalue weighted by molar-refractivity contribution is 0.1000. The van der Waals surface area contributed by atoms with Gasteiger partial charge in [-0.05, 0) is 53.8 Å². The predicted molar refractivity (Wildman–Crippen MR) is 73.5 cm³/mol. The number of aryl methyl sites for hydroxylation is 1. The number of amides is 1. The molecular weight excluding hydrogens is 260 g/mol. The molecule has 2 N–H and O–H groups in total. The molecule has 4 heteroatoms. The van der Waals surface area contributed by atoms with Crippen LogP contribution in [0.25, 0.3) is 0 Å². The number of primary amides is 1.